The Labute approximate surface area is 96.2 Å². The molecule has 8 heteroatoms. The molecular formula is C9H13F3N4O. The molecule has 0 saturated heterocycles. The minimum Gasteiger partial charge on any atom is -0.370 e. The lowest BCUT2D eigenvalue weighted by Gasteiger charge is -2.10. The first-order chi connectivity index (χ1) is 7.88. The van der Waals surface area contributed by atoms with Crippen molar-refractivity contribution in [3.8, 4) is 0 Å². The van der Waals surface area contributed by atoms with Crippen molar-refractivity contribution in [2.24, 2.45) is 0 Å². The van der Waals surface area contributed by atoms with Crippen LogP contribution in [0.25, 0.3) is 0 Å². The molecule has 0 amide bonds. The highest BCUT2D eigenvalue weighted by Crippen LogP contribution is 2.14. The number of nitrogens with two attached hydrogens (primary N) is 1. The summed E-state index contributed by atoms with van der Waals surface area (Å²) in [5.74, 6) is 0.599. The predicted octanol–water partition coefficient (Wildman–Crippen LogP) is 1.36. The maximum Gasteiger partial charge on any atom is 0.411 e. The number of halogens is 3. The highest BCUT2D eigenvalue weighted by atomic mass is 19.4. The van der Waals surface area contributed by atoms with Crippen molar-refractivity contribution in [2.45, 2.75) is 13.1 Å². The van der Waals surface area contributed by atoms with Crippen LogP contribution in [0.2, 0.25) is 0 Å². The molecule has 0 bridgehead atoms. The molecule has 1 aromatic rings. The van der Waals surface area contributed by atoms with Crippen LogP contribution >= 0.6 is 0 Å². The number of rotatable bonds is 5. The van der Waals surface area contributed by atoms with Crippen LogP contribution < -0.4 is 11.1 Å². The molecule has 0 aliphatic heterocycles. The van der Waals surface area contributed by atoms with Crippen LogP contribution in [0.4, 0.5) is 24.9 Å². The molecule has 1 rings (SSSR count). The van der Waals surface area contributed by atoms with Crippen molar-refractivity contribution >= 4 is 11.8 Å². The Morgan fingerprint density at radius 1 is 1.47 bits per heavy atom. The third kappa shape index (κ3) is 5.34. The highest BCUT2D eigenvalue weighted by molar-refractivity contribution is 5.44. The van der Waals surface area contributed by atoms with Gasteiger partial charge in [-0.2, -0.15) is 18.2 Å². The molecule has 0 spiro atoms. The molecule has 0 saturated carbocycles. The summed E-state index contributed by atoms with van der Waals surface area (Å²) in [4.78, 5) is 7.66. The quantitative estimate of drug-likeness (QED) is 0.772. The van der Waals surface area contributed by atoms with Crippen molar-refractivity contribution in [3.63, 3.8) is 0 Å². The highest BCUT2D eigenvalue weighted by Gasteiger charge is 2.27. The summed E-state index contributed by atoms with van der Waals surface area (Å²) in [5.41, 5.74) is 6.13. The Morgan fingerprint density at radius 2 is 2.18 bits per heavy atom. The molecule has 0 radical (unpaired) electrons. The van der Waals surface area contributed by atoms with Crippen molar-refractivity contribution in [3.05, 3.63) is 11.8 Å². The molecule has 1 heterocycles. The van der Waals surface area contributed by atoms with E-state index in [4.69, 9.17) is 5.73 Å². The summed E-state index contributed by atoms with van der Waals surface area (Å²) < 4.78 is 39.6. The van der Waals surface area contributed by atoms with Crippen LogP contribution in [0, 0.1) is 6.92 Å². The molecule has 96 valence electrons. The third-order valence-corrected chi connectivity index (χ3v) is 1.79. The monoisotopic (exact) mass is 250 g/mol. The molecule has 3 N–H and O–H groups in total. The zero-order chi connectivity index (χ0) is 12.9. The number of hydrogen-bond donors (Lipinski definition) is 2. The van der Waals surface area contributed by atoms with Gasteiger partial charge in [0.05, 0.1) is 6.61 Å². The first-order valence-corrected chi connectivity index (χ1v) is 4.86. The fourth-order valence-electron chi connectivity index (χ4n) is 1.06. The van der Waals surface area contributed by atoms with Gasteiger partial charge in [0.15, 0.2) is 0 Å². The van der Waals surface area contributed by atoms with Gasteiger partial charge in [-0.1, -0.05) is 0 Å². The summed E-state index contributed by atoms with van der Waals surface area (Å²) in [7, 11) is 0. The fourth-order valence-corrected chi connectivity index (χ4v) is 1.06. The van der Waals surface area contributed by atoms with Gasteiger partial charge in [0.25, 0.3) is 0 Å². The van der Waals surface area contributed by atoms with Gasteiger partial charge < -0.3 is 15.8 Å². The lowest BCUT2D eigenvalue weighted by molar-refractivity contribution is -0.172. The summed E-state index contributed by atoms with van der Waals surface area (Å²) in [6, 6.07) is 0. The van der Waals surface area contributed by atoms with Crippen molar-refractivity contribution in [2.75, 3.05) is 30.8 Å². The number of nitrogens with zero attached hydrogens (tertiary/aromatic N) is 2. The lowest BCUT2D eigenvalue weighted by atomic mass is 10.3. The topological polar surface area (TPSA) is 73.1 Å². The van der Waals surface area contributed by atoms with Crippen molar-refractivity contribution in [1.29, 1.82) is 0 Å². The number of ether oxygens (including phenoxy) is 1. The van der Waals surface area contributed by atoms with Gasteiger partial charge in [-0.3, -0.25) is 0 Å². The third-order valence-electron chi connectivity index (χ3n) is 1.79. The van der Waals surface area contributed by atoms with E-state index in [0.29, 0.717) is 5.82 Å². The van der Waals surface area contributed by atoms with Gasteiger partial charge in [0.1, 0.15) is 12.4 Å². The summed E-state index contributed by atoms with van der Waals surface area (Å²) in [6.45, 7) is 0.661. The van der Waals surface area contributed by atoms with E-state index in [2.05, 4.69) is 20.0 Å². The van der Waals surface area contributed by atoms with E-state index in [-0.39, 0.29) is 19.1 Å². The van der Waals surface area contributed by atoms with Crippen LogP contribution in [-0.4, -0.2) is 35.9 Å². The average Bonchev–Trinajstić information content (AvgIpc) is 2.21. The molecule has 0 unspecified atom stereocenters. The Bertz CT molecular complexity index is 370. The predicted molar refractivity (Wildman–Crippen MR) is 56.5 cm³/mol. The second-order valence-electron chi connectivity index (χ2n) is 3.35. The van der Waals surface area contributed by atoms with E-state index < -0.39 is 12.8 Å². The van der Waals surface area contributed by atoms with Gasteiger partial charge in [-0.15, -0.1) is 0 Å². The van der Waals surface area contributed by atoms with E-state index in [1.165, 1.54) is 6.20 Å². The second-order valence-corrected chi connectivity index (χ2v) is 3.35. The van der Waals surface area contributed by atoms with Crippen LogP contribution in [0.1, 0.15) is 5.56 Å². The number of aryl methyl sites for hydroxylation is 1. The number of hydrogen-bond acceptors (Lipinski definition) is 5. The lowest BCUT2D eigenvalue weighted by Crippen LogP contribution is -2.20. The number of nitrogen functional groups attached to an aromatic ring is 1. The minimum absolute atomic E-state index is 0.0666. The van der Waals surface area contributed by atoms with Gasteiger partial charge >= 0.3 is 6.18 Å². The number of aromatic nitrogens is 2. The van der Waals surface area contributed by atoms with E-state index in [1.807, 2.05) is 0 Å². The van der Waals surface area contributed by atoms with E-state index >= 15 is 0 Å². The van der Waals surface area contributed by atoms with E-state index in [0.717, 1.165) is 5.56 Å². The SMILES string of the molecule is Cc1cnc(N)nc1NCCOCC(F)(F)F. The van der Waals surface area contributed by atoms with Crippen molar-refractivity contribution in [1.82, 2.24) is 9.97 Å². The largest absolute Gasteiger partial charge is 0.411 e. The van der Waals surface area contributed by atoms with Gasteiger partial charge in [0.2, 0.25) is 5.95 Å². The Morgan fingerprint density at radius 3 is 2.82 bits per heavy atom. The smallest absolute Gasteiger partial charge is 0.370 e. The van der Waals surface area contributed by atoms with Crippen LogP contribution in [0.15, 0.2) is 6.20 Å². The number of alkyl halides is 3. The first kappa shape index (κ1) is 13.5. The van der Waals surface area contributed by atoms with Gasteiger partial charge in [0, 0.05) is 18.3 Å². The molecule has 0 aliphatic rings. The molecule has 5 nitrogen and oxygen atoms in total. The molecular weight excluding hydrogens is 237 g/mol. The Hall–Kier alpha value is -1.57. The molecule has 0 aliphatic carbocycles. The molecule has 0 aromatic carbocycles. The molecule has 1 aromatic heterocycles. The first-order valence-electron chi connectivity index (χ1n) is 4.86. The molecule has 0 atom stereocenters. The summed E-state index contributed by atoms with van der Waals surface area (Å²) in [5, 5.41) is 2.82. The van der Waals surface area contributed by atoms with Crippen molar-refractivity contribution < 1.29 is 17.9 Å². The molecule has 17 heavy (non-hydrogen) atoms. The normalized spacial score (nSPS) is 11.5. The summed E-state index contributed by atoms with van der Waals surface area (Å²) >= 11 is 0. The Kier molecular flexibility index (Phi) is 4.50. The van der Waals surface area contributed by atoms with Crippen LogP contribution in [0.3, 0.4) is 0 Å². The second kappa shape index (κ2) is 5.67. The van der Waals surface area contributed by atoms with Gasteiger partial charge in [-0.05, 0) is 6.92 Å². The average molecular weight is 250 g/mol. The number of nitrogens with one attached hydrogen (secondary N) is 1. The summed E-state index contributed by atoms with van der Waals surface area (Å²) in [6.07, 6.45) is -2.77. The standard InChI is InChI=1S/C9H13F3N4O/c1-6-4-15-8(13)16-7(6)14-2-3-17-5-9(10,11)12/h4H,2-3,5H2,1H3,(H3,13,14,15,16). The molecule has 0 fully saturated rings. The maximum atomic E-state index is 11.7. The van der Waals surface area contributed by atoms with Gasteiger partial charge in [-0.25, -0.2) is 4.98 Å². The van der Waals surface area contributed by atoms with Crippen LogP contribution in [-0.2, 0) is 4.74 Å². The number of anilines is 2. The fraction of sp³-hybridized carbons (Fsp3) is 0.556. The van der Waals surface area contributed by atoms with E-state index in [9.17, 15) is 13.2 Å². The zero-order valence-electron chi connectivity index (χ0n) is 9.21. The minimum atomic E-state index is -4.30. The van der Waals surface area contributed by atoms with Crippen LogP contribution in [0.5, 0.6) is 0 Å². The van der Waals surface area contributed by atoms with E-state index in [1.54, 1.807) is 6.92 Å². The maximum absolute atomic E-state index is 11.7. The zero-order valence-corrected chi connectivity index (χ0v) is 9.21. The Balaban J connectivity index is 2.29.